The standard InChI is InChI=1S/C15H14N6OS2/c1-2-8-21-13(11-6-4-3-5-7-11)18-20-15(21)23-9-12(22)17-14-19-16-10-24-14/h2-7,10H,1,8-9H2,(H,17,19,22). The first-order chi connectivity index (χ1) is 11.8. The van der Waals surface area contributed by atoms with E-state index in [4.69, 9.17) is 0 Å². The van der Waals surface area contributed by atoms with Crippen molar-refractivity contribution in [1.82, 2.24) is 25.0 Å². The third-order valence-electron chi connectivity index (χ3n) is 3.00. The number of carbonyl (C=O) groups excluding carboxylic acids is 1. The number of rotatable bonds is 7. The van der Waals surface area contributed by atoms with E-state index in [0.29, 0.717) is 16.8 Å². The molecule has 2 aromatic heterocycles. The van der Waals surface area contributed by atoms with Crippen LogP contribution in [0.25, 0.3) is 11.4 Å². The number of anilines is 1. The summed E-state index contributed by atoms with van der Waals surface area (Å²) in [5.74, 6) is 0.803. The molecule has 122 valence electrons. The van der Waals surface area contributed by atoms with Crippen LogP contribution >= 0.6 is 23.1 Å². The number of carbonyl (C=O) groups is 1. The molecule has 0 bridgehead atoms. The van der Waals surface area contributed by atoms with Crippen molar-refractivity contribution in [1.29, 1.82) is 0 Å². The third kappa shape index (κ3) is 3.87. The lowest BCUT2D eigenvalue weighted by Gasteiger charge is -2.07. The molecular formula is C15H14N6OS2. The highest BCUT2D eigenvalue weighted by Gasteiger charge is 2.15. The lowest BCUT2D eigenvalue weighted by atomic mass is 10.2. The number of nitrogens with one attached hydrogen (secondary N) is 1. The molecule has 1 aromatic carbocycles. The SMILES string of the molecule is C=CCn1c(SCC(=O)Nc2nncs2)nnc1-c1ccccc1. The fourth-order valence-electron chi connectivity index (χ4n) is 2.00. The summed E-state index contributed by atoms with van der Waals surface area (Å²) < 4.78 is 1.94. The number of amides is 1. The van der Waals surface area contributed by atoms with E-state index in [1.165, 1.54) is 23.1 Å². The van der Waals surface area contributed by atoms with Gasteiger partial charge < -0.3 is 0 Å². The first-order valence-electron chi connectivity index (χ1n) is 7.06. The Morgan fingerprint density at radius 1 is 1.29 bits per heavy atom. The van der Waals surface area contributed by atoms with Gasteiger partial charge in [-0.2, -0.15) is 0 Å². The highest BCUT2D eigenvalue weighted by atomic mass is 32.2. The minimum atomic E-state index is -0.161. The summed E-state index contributed by atoms with van der Waals surface area (Å²) in [6.45, 7) is 4.34. The first-order valence-corrected chi connectivity index (χ1v) is 8.93. The zero-order chi connectivity index (χ0) is 16.8. The topological polar surface area (TPSA) is 85.6 Å². The number of allylic oxidation sites excluding steroid dienone is 1. The first kappa shape index (κ1) is 16.3. The van der Waals surface area contributed by atoms with Crippen molar-refractivity contribution in [2.45, 2.75) is 11.7 Å². The van der Waals surface area contributed by atoms with E-state index in [2.05, 4.69) is 32.3 Å². The number of hydrogen-bond acceptors (Lipinski definition) is 7. The predicted molar refractivity (Wildman–Crippen MR) is 94.9 cm³/mol. The average Bonchev–Trinajstić information content (AvgIpc) is 3.24. The monoisotopic (exact) mass is 358 g/mol. The van der Waals surface area contributed by atoms with Gasteiger partial charge in [-0.15, -0.1) is 27.0 Å². The molecule has 1 N–H and O–H groups in total. The Bertz CT molecular complexity index is 816. The fourth-order valence-corrected chi connectivity index (χ4v) is 3.21. The fraction of sp³-hybridized carbons (Fsp3) is 0.133. The Morgan fingerprint density at radius 2 is 2.12 bits per heavy atom. The molecule has 3 aromatic rings. The molecule has 2 heterocycles. The summed E-state index contributed by atoms with van der Waals surface area (Å²) in [6.07, 6.45) is 1.78. The molecule has 0 saturated heterocycles. The van der Waals surface area contributed by atoms with Gasteiger partial charge in [-0.05, 0) is 0 Å². The van der Waals surface area contributed by atoms with Crippen molar-refractivity contribution in [2.24, 2.45) is 0 Å². The van der Waals surface area contributed by atoms with E-state index >= 15 is 0 Å². The normalized spacial score (nSPS) is 10.5. The molecule has 0 atom stereocenters. The zero-order valence-corrected chi connectivity index (χ0v) is 14.3. The van der Waals surface area contributed by atoms with Crippen molar-refractivity contribution in [3.05, 3.63) is 48.5 Å². The molecule has 7 nitrogen and oxygen atoms in total. The van der Waals surface area contributed by atoms with E-state index in [1.54, 1.807) is 11.6 Å². The zero-order valence-electron chi connectivity index (χ0n) is 12.6. The quantitative estimate of drug-likeness (QED) is 0.516. The summed E-state index contributed by atoms with van der Waals surface area (Å²) >= 11 is 2.59. The summed E-state index contributed by atoms with van der Waals surface area (Å²) in [6, 6.07) is 9.79. The van der Waals surface area contributed by atoms with Gasteiger partial charge in [-0.25, -0.2) is 0 Å². The van der Waals surface area contributed by atoms with Crippen LogP contribution in [0.1, 0.15) is 0 Å². The highest BCUT2D eigenvalue weighted by molar-refractivity contribution is 7.99. The number of aromatic nitrogens is 5. The molecule has 0 spiro atoms. The van der Waals surface area contributed by atoms with Crippen LogP contribution in [0.3, 0.4) is 0 Å². The van der Waals surface area contributed by atoms with Crippen molar-refractivity contribution in [3.63, 3.8) is 0 Å². The van der Waals surface area contributed by atoms with Crippen LogP contribution in [0.2, 0.25) is 0 Å². The summed E-state index contributed by atoms with van der Waals surface area (Å²) in [4.78, 5) is 12.0. The van der Waals surface area contributed by atoms with E-state index in [1.807, 2.05) is 34.9 Å². The van der Waals surface area contributed by atoms with Crippen LogP contribution in [-0.4, -0.2) is 36.6 Å². The van der Waals surface area contributed by atoms with E-state index < -0.39 is 0 Å². The molecule has 9 heteroatoms. The van der Waals surface area contributed by atoms with Gasteiger partial charge in [0.2, 0.25) is 11.0 Å². The Hall–Kier alpha value is -2.52. The number of hydrogen-bond donors (Lipinski definition) is 1. The maximum atomic E-state index is 12.0. The van der Waals surface area contributed by atoms with Crippen LogP contribution in [0.4, 0.5) is 5.13 Å². The van der Waals surface area contributed by atoms with Crippen molar-refractivity contribution in [3.8, 4) is 11.4 Å². The second-order valence-corrected chi connectivity index (χ2v) is 6.43. The summed E-state index contributed by atoms with van der Waals surface area (Å²) in [5, 5.41) is 19.8. The molecule has 3 rings (SSSR count). The largest absolute Gasteiger partial charge is 0.300 e. The second kappa shape index (κ2) is 7.84. The van der Waals surface area contributed by atoms with Gasteiger partial charge in [0.05, 0.1) is 5.75 Å². The Balaban J connectivity index is 1.72. The van der Waals surface area contributed by atoms with Crippen LogP contribution in [0.5, 0.6) is 0 Å². The van der Waals surface area contributed by atoms with Gasteiger partial charge in [0.15, 0.2) is 11.0 Å². The van der Waals surface area contributed by atoms with Gasteiger partial charge in [0, 0.05) is 12.1 Å². The lowest BCUT2D eigenvalue weighted by molar-refractivity contribution is -0.113. The highest BCUT2D eigenvalue weighted by Crippen LogP contribution is 2.24. The minimum Gasteiger partial charge on any atom is -0.300 e. The molecule has 0 aliphatic carbocycles. The van der Waals surface area contributed by atoms with E-state index in [-0.39, 0.29) is 11.7 Å². The van der Waals surface area contributed by atoms with Crippen molar-refractivity contribution in [2.75, 3.05) is 11.1 Å². The molecule has 24 heavy (non-hydrogen) atoms. The predicted octanol–water partition coefficient (Wildman–Crippen LogP) is 2.71. The van der Waals surface area contributed by atoms with Gasteiger partial charge in [-0.1, -0.05) is 59.5 Å². The molecule has 0 radical (unpaired) electrons. The molecule has 0 aliphatic rings. The van der Waals surface area contributed by atoms with Crippen LogP contribution in [0, 0.1) is 0 Å². The smallest absolute Gasteiger partial charge is 0.236 e. The molecule has 0 saturated carbocycles. The number of nitrogens with zero attached hydrogens (tertiary/aromatic N) is 5. The molecule has 0 fully saturated rings. The van der Waals surface area contributed by atoms with Crippen molar-refractivity contribution >= 4 is 34.1 Å². The van der Waals surface area contributed by atoms with Crippen LogP contribution < -0.4 is 5.32 Å². The second-order valence-electron chi connectivity index (χ2n) is 4.65. The lowest BCUT2D eigenvalue weighted by Crippen LogP contribution is -2.14. The molecular weight excluding hydrogens is 344 g/mol. The van der Waals surface area contributed by atoms with Gasteiger partial charge >= 0.3 is 0 Å². The Kier molecular flexibility index (Phi) is 5.34. The minimum absolute atomic E-state index is 0.161. The molecule has 0 unspecified atom stereocenters. The average molecular weight is 358 g/mol. The Labute approximate surface area is 146 Å². The van der Waals surface area contributed by atoms with Gasteiger partial charge in [-0.3, -0.25) is 14.7 Å². The van der Waals surface area contributed by atoms with E-state index in [9.17, 15) is 4.79 Å². The summed E-state index contributed by atoms with van der Waals surface area (Å²) in [7, 11) is 0. The Morgan fingerprint density at radius 3 is 2.83 bits per heavy atom. The number of thioether (sulfide) groups is 1. The third-order valence-corrected chi connectivity index (χ3v) is 4.57. The van der Waals surface area contributed by atoms with Gasteiger partial charge in [0.1, 0.15) is 5.51 Å². The maximum Gasteiger partial charge on any atom is 0.236 e. The molecule has 0 aliphatic heterocycles. The van der Waals surface area contributed by atoms with Crippen molar-refractivity contribution < 1.29 is 4.79 Å². The van der Waals surface area contributed by atoms with Crippen LogP contribution in [0.15, 0.2) is 53.7 Å². The molecule has 1 amide bonds. The maximum absolute atomic E-state index is 12.0. The number of benzene rings is 1. The van der Waals surface area contributed by atoms with E-state index in [0.717, 1.165) is 11.4 Å². The summed E-state index contributed by atoms with van der Waals surface area (Å²) in [5.41, 5.74) is 2.53. The van der Waals surface area contributed by atoms with Crippen LogP contribution in [-0.2, 0) is 11.3 Å². The van der Waals surface area contributed by atoms with Gasteiger partial charge in [0.25, 0.3) is 0 Å².